The first kappa shape index (κ1) is 22.7. The van der Waals surface area contributed by atoms with Gasteiger partial charge in [-0.1, -0.05) is 30.3 Å². The van der Waals surface area contributed by atoms with E-state index in [1.807, 2.05) is 23.7 Å². The molecule has 5 rings (SSSR count). The number of carbonyl (C=O) groups is 1. The average Bonchev–Trinajstić information content (AvgIpc) is 3.48. The van der Waals surface area contributed by atoms with Crippen molar-refractivity contribution in [3.05, 3.63) is 81.3 Å². The standard InChI is InChI=1S/C26H29N5O2S/c1-18-11-23(24-14-28-31(25(24)29-18)17-22-7-4-10-34-22)26(32)27-13-20-5-3-6-21(12-20)16-30-8-9-33-19(2)15-30/h3-7,10-12,14,19H,8-9,13,15-17H2,1-2H3,(H,27,32). The Morgan fingerprint density at radius 3 is 2.91 bits per heavy atom. The van der Waals surface area contributed by atoms with E-state index in [1.165, 1.54) is 10.4 Å². The van der Waals surface area contributed by atoms with Crippen LogP contribution < -0.4 is 5.32 Å². The number of aryl methyl sites for hydroxylation is 1. The van der Waals surface area contributed by atoms with Gasteiger partial charge in [-0.05, 0) is 42.5 Å². The van der Waals surface area contributed by atoms with Crippen molar-refractivity contribution in [1.82, 2.24) is 25.0 Å². The Morgan fingerprint density at radius 2 is 2.09 bits per heavy atom. The molecule has 34 heavy (non-hydrogen) atoms. The number of benzene rings is 1. The summed E-state index contributed by atoms with van der Waals surface area (Å²) >= 11 is 1.69. The molecule has 1 saturated heterocycles. The van der Waals surface area contributed by atoms with Gasteiger partial charge in [0.15, 0.2) is 5.65 Å². The van der Waals surface area contributed by atoms with Crippen LogP contribution in [-0.2, 0) is 24.4 Å². The summed E-state index contributed by atoms with van der Waals surface area (Å²) < 4.78 is 7.51. The molecule has 0 radical (unpaired) electrons. The zero-order valence-electron chi connectivity index (χ0n) is 19.5. The lowest BCUT2D eigenvalue weighted by molar-refractivity contribution is -0.0212. The Labute approximate surface area is 203 Å². The molecule has 1 amide bonds. The van der Waals surface area contributed by atoms with E-state index in [0.29, 0.717) is 18.7 Å². The second kappa shape index (κ2) is 10.0. The van der Waals surface area contributed by atoms with Crippen molar-refractivity contribution >= 4 is 28.3 Å². The van der Waals surface area contributed by atoms with Gasteiger partial charge in [0.2, 0.25) is 0 Å². The van der Waals surface area contributed by atoms with Gasteiger partial charge in [-0.25, -0.2) is 9.67 Å². The maximum Gasteiger partial charge on any atom is 0.252 e. The molecule has 0 bridgehead atoms. The third kappa shape index (κ3) is 5.19. The maximum atomic E-state index is 13.2. The molecule has 0 aliphatic carbocycles. The lowest BCUT2D eigenvalue weighted by Gasteiger charge is -2.31. The van der Waals surface area contributed by atoms with Crippen LogP contribution in [-0.4, -0.2) is 51.4 Å². The molecular weight excluding hydrogens is 446 g/mol. The van der Waals surface area contributed by atoms with Gasteiger partial charge in [0.05, 0.1) is 36.4 Å². The molecule has 176 valence electrons. The Morgan fingerprint density at radius 1 is 1.21 bits per heavy atom. The van der Waals surface area contributed by atoms with Gasteiger partial charge in [-0.3, -0.25) is 9.69 Å². The van der Waals surface area contributed by atoms with E-state index in [-0.39, 0.29) is 12.0 Å². The summed E-state index contributed by atoms with van der Waals surface area (Å²) in [5.74, 6) is -0.112. The topological polar surface area (TPSA) is 72.3 Å². The van der Waals surface area contributed by atoms with E-state index in [9.17, 15) is 4.79 Å². The number of nitrogens with one attached hydrogen (secondary N) is 1. The molecule has 1 aromatic carbocycles. The molecule has 1 fully saturated rings. The molecule has 1 N–H and O–H groups in total. The number of carbonyl (C=O) groups excluding carboxylic acids is 1. The van der Waals surface area contributed by atoms with Crippen molar-refractivity contribution in [2.24, 2.45) is 0 Å². The van der Waals surface area contributed by atoms with Gasteiger partial charge in [-0.2, -0.15) is 5.10 Å². The minimum Gasteiger partial charge on any atom is -0.376 e. The van der Waals surface area contributed by atoms with Crippen molar-refractivity contribution in [2.75, 3.05) is 19.7 Å². The number of fused-ring (bicyclic) bond motifs is 1. The van der Waals surface area contributed by atoms with E-state index in [2.05, 4.69) is 62.9 Å². The van der Waals surface area contributed by atoms with Crippen molar-refractivity contribution < 1.29 is 9.53 Å². The van der Waals surface area contributed by atoms with Gasteiger partial charge in [0.25, 0.3) is 5.91 Å². The van der Waals surface area contributed by atoms with Crippen LogP contribution in [0.5, 0.6) is 0 Å². The van der Waals surface area contributed by atoms with Crippen LogP contribution in [0.4, 0.5) is 0 Å². The van der Waals surface area contributed by atoms with Crippen LogP contribution in [0.25, 0.3) is 11.0 Å². The number of rotatable bonds is 7. The summed E-state index contributed by atoms with van der Waals surface area (Å²) in [6, 6.07) is 14.4. The van der Waals surface area contributed by atoms with Crippen molar-refractivity contribution in [2.45, 2.75) is 39.6 Å². The number of ether oxygens (including phenoxy) is 1. The van der Waals surface area contributed by atoms with E-state index in [1.54, 1.807) is 17.5 Å². The molecule has 1 unspecified atom stereocenters. The van der Waals surface area contributed by atoms with Crippen molar-refractivity contribution in [1.29, 1.82) is 0 Å². The molecule has 3 aromatic heterocycles. The Hall–Kier alpha value is -3.07. The first-order valence-electron chi connectivity index (χ1n) is 11.6. The predicted octanol–water partition coefficient (Wildman–Crippen LogP) is 4.00. The number of pyridine rings is 1. The van der Waals surface area contributed by atoms with Crippen LogP contribution in [0.2, 0.25) is 0 Å². The van der Waals surface area contributed by atoms with E-state index in [4.69, 9.17) is 4.74 Å². The number of morpholine rings is 1. The van der Waals surface area contributed by atoms with Gasteiger partial charge in [-0.15, -0.1) is 11.3 Å². The normalized spacial score (nSPS) is 16.7. The number of nitrogens with zero attached hydrogens (tertiary/aromatic N) is 4. The molecule has 1 aliphatic rings. The van der Waals surface area contributed by atoms with Crippen LogP contribution in [0, 0.1) is 6.92 Å². The van der Waals surface area contributed by atoms with E-state index < -0.39 is 0 Å². The highest BCUT2D eigenvalue weighted by molar-refractivity contribution is 7.09. The number of amides is 1. The summed E-state index contributed by atoms with van der Waals surface area (Å²) in [6.45, 7) is 8.70. The smallest absolute Gasteiger partial charge is 0.252 e. The fourth-order valence-corrected chi connectivity index (χ4v) is 5.12. The third-order valence-corrected chi connectivity index (χ3v) is 6.90. The summed E-state index contributed by atoms with van der Waals surface area (Å²) in [4.78, 5) is 21.4. The molecule has 0 spiro atoms. The number of thiophene rings is 1. The Kier molecular flexibility index (Phi) is 6.71. The number of hydrogen-bond acceptors (Lipinski definition) is 6. The first-order valence-corrected chi connectivity index (χ1v) is 12.5. The molecule has 8 heteroatoms. The molecule has 1 atom stereocenters. The molecule has 0 saturated carbocycles. The van der Waals surface area contributed by atoms with Gasteiger partial charge in [0, 0.05) is 36.8 Å². The molecule has 7 nitrogen and oxygen atoms in total. The largest absolute Gasteiger partial charge is 0.376 e. The van der Waals surface area contributed by atoms with Gasteiger partial charge >= 0.3 is 0 Å². The Bertz CT molecular complexity index is 1280. The SMILES string of the molecule is Cc1cc(C(=O)NCc2cccc(CN3CCOC(C)C3)c2)c2cnn(Cc3cccs3)c2n1. The summed E-state index contributed by atoms with van der Waals surface area (Å²) in [5, 5.41) is 10.4. The average molecular weight is 476 g/mol. The summed E-state index contributed by atoms with van der Waals surface area (Å²) in [7, 11) is 0. The number of hydrogen-bond donors (Lipinski definition) is 1. The highest BCUT2D eigenvalue weighted by Crippen LogP contribution is 2.21. The van der Waals surface area contributed by atoms with E-state index in [0.717, 1.165) is 48.5 Å². The fraction of sp³-hybridized carbons (Fsp3) is 0.346. The first-order chi connectivity index (χ1) is 16.5. The molecule has 4 aromatic rings. The highest BCUT2D eigenvalue weighted by Gasteiger charge is 2.18. The lowest BCUT2D eigenvalue weighted by Crippen LogP contribution is -2.40. The number of aromatic nitrogens is 3. The predicted molar refractivity (Wildman–Crippen MR) is 134 cm³/mol. The van der Waals surface area contributed by atoms with Crippen LogP contribution in [0.1, 0.15) is 39.0 Å². The van der Waals surface area contributed by atoms with Gasteiger partial charge < -0.3 is 10.1 Å². The summed E-state index contributed by atoms with van der Waals surface area (Å²) in [6.07, 6.45) is 2.01. The zero-order chi connectivity index (χ0) is 23.5. The summed E-state index contributed by atoms with van der Waals surface area (Å²) in [5.41, 5.74) is 4.48. The van der Waals surface area contributed by atoms with E-state index >= 15 is 0 Å². The van der Waals surface area contributed by atoms with Crippen molar-refractivity contribution in [3.63, 3.8) is 0 Å². The Balaban J connectivity index is 1.28. The van der Waals surface area contributed by atoms with Crippen LogP contribution in [0.3, 0.4) is 0 Å². The van der Waals surface area contributed by atoms with Crippen LogP contribution >= 0.6 is 11.3 Å². The second-order valence-corrected chi connectivity index (χ2v) is 9.88. The monoisotopic (exact) mass is 475 g/mol. The lowest BCUT2D eigenvalue weighted by atomic mass is 10.1. The molecule has 4 heterocycles. The highest BCUT2D eigenvalue weighted by atomic mass is 32.1. The maximum absolute atomic E-state index is 13.2. The minimum atomic E-state index is -0.112. The zero-order valence-corrected chi connectivity index (χ0v) is 20.3. The third-order valence-electron chi connectivity index (χ3n) is 6.04. The molecule has 1 aliphatic heterocycles. The second-order valence-electron chi connectivity index (χ2n) is 8.85. The van der Waals surface area contributed by atoms with Crippen molar-refractivity contribution in [3.8, 4) is 0 Å². The quantitative estimate of drug-likeness (QED) is 0.437. The van der Waals surface area contributed by atoms with Gasteiger partial charge in [0.1, 0.15) is 0 Å². The fourth-order valence-electron chi connectivity index (χ4n) is 4.43. The molecular formula is C26H29N5O2S. The minimum absolute atomic E-state index is 0.112. The van der Waals surface area contributed by atoms with Crippen LogP contribution in [0.15, 0.2) is 54.0 Å².